The monoisotopic (exact) mass is 700 g/mol. The number of phenols is 1. The van der Waals surface area contributed by atoms with E-state index in [1.54, 1.807) is 11.1 Å². The van der Waals surface area contributed by atoms with E-state index in [1.165, 1.54) is 21.9 Å². The van der Waals surface area contributed by atoms with Crippen LogP contribution < -0.4 is 5.19 Å². The summed E-state index contributed by atoms with van der Waals surface area (Å²) in [5.41, 5.74) is 9.28. The normalized spacial score (nSPS) is 24.0. The molecular formula is C40H72OSi3Ti. The van der Waals surface area contributed by atoms with Gasteiger partial charge in [0.05, 0.1) is 8.07 Å². The molecule has 3 rings (SSSR count). The molecule has 1 fully saturated rings. The summed E-state index contributed by atoms with van der Waals surface area (Å²) in [6.07, 6.45) is 0. The van der Waals surface area contributed by atoms with Crippen molar-refractivity contribution in [2.75, 3.05) is 0 Å². The van der Waals surface area contributed by atoms with Crippen LogP contribution in [-0.2, 0) is 32.5 Å². The van der Waals surface area contributed by atoms with E-state index in [4.69, 9.17) is 0 Å². The largest absolute Gasteiger partial charge is 3.00 e. The van der Waals surface area contributed by atoms with Gasteiger partial charge < -0.3 is 26.0 Å². The molecule has 0 heterocycles. The Hall–Kier alpha value is -0.135. The molecule has 2 aliphatic carbocycles. The summed E-state index contributed by atoms with van der Waals surface area (Å²) in [5, 5.41) is 13.1. The van der Waals surface area contributed by atoms with Gasteiger partial charge in [-0.15, -0.1) is 8.07 Å². The maximum atomic E-state index is 11.8. The number of aromatic hydroxyl groups is 1. The van der Waals surface area contributed by atoms with Gasteiger partial charge in [-0.1, -0.05) is 125 Å². The summed E-state index contributed by atoms with van der Waals surface area (Å²) >= 11 is 0. The summed E-state index contributed by atoms with van der Waals surface area (Å²) in [4.78, 5) is 0. The molecule has 4 radical (unpaired) electrons. The number of rotatable bonds is 2. The van der Waals surface area contributed by atoms with Crippen LogP contribution in [0.25, 0.3) is 0 Å². The van der Waals surface area contributed by atoms with E-state index in [0.29, 0.717) is 35.0 Å². The summed E-state index contributed by atoms with van der Waals surface area (Å²) < 4.78 is 0. The van der Waals surface area contributed by atoms with Crippen LogP contribution in [0.2, 0.25) is 43.3 Å². The van der Waals surface area contributed by atoms with Crippen LogP contribution in [-0.4, -0.2) is 31.5 Å². The van der Waals surface area contributed by atoms with Crippen LogP contribution in [0, 0.1) is 44.6 Å². The van der Waals surface area contributed by atoms with Crippen LogP contribution >= 0.6 is 0 Å². The quantitative estimate of drug-likeness (QED) is 0.241. The van der Waals surface area contributed by atoms with Gasteiger partial charge in [-0.2, -0.15) is 5.04 Å². The third kappa shape index (κ3) is 12.1. The van der Waals surface area contributed by atoms with Crippen molar-refractivity contribution >= 4 is 31.6 Å². The van der Waals surface area contributed by atoms with E-state index >= 15 is 0 Å². The van der Waals surface area contributed by atoms with Gasteiger partial charge >= 0.3 is 21.7 Å². The molecule has 45 heavy (non-hydrogen) atoms. The van der Waals surface area contributed by atoms with Crippen molar-refractivity contribution in [3.05, 3.63) is 66.4 Å². The third-order valence-corrected chi connectivity index (χ3v) is 14.1. The van der Waals surface area contributed by atoms with Crippen molar-refractivity contribution in [1.29, 1.82) is 0 Å². The minimum absolute atomic E-state index is 0. The Morgan fingerprint density at radius 2 is 1.09 bits per heavy atom. The second kappa shape index (κ2) is 16.0. The Balaban J connectivity index is 0. The molecule has 1 nitrogen and oxygen atoms in total. The molecule has 0 aromatic heterocycles. The second-order valence-electron chi connectivity index (χ2n) is 18.5. The molecule has 0 bridgehead atoms. The predicted molar refractivity (Wildman–Crippen MR) is 209 cm³/mol. The second-order valence-corrected chi connectivity index (χ2v) is 29.6. The van der Waals surface area contributed by atoms with Gasteiger partial charge in [0.15, 0.2) is 0 Å². The molecule has 1 aromatic carbocycles. The Kier molecular flexibility index (Phi) is 16.8. The van der Waals surface area contributed by atoms with Crippen LogP contribution in [0.15, 0.2) is 34.4 Å². The Labute approximate surface area is 303 Å². The fourth-order valence-corrected chi connectivity index (χ4v) is 11.8. The van der Waals surface area contributed by atoms with Crippen molar-refractivity contribution < 1.29 is 26.8 Å². The first-order valence-electron chi connectivity index (χ1n) is 16.5. The minimum atomic E-state index is -2.05. The molecule has 0 aliphatic heterocycles. The molecule has 0 saturated heterocycles. The van der Waals surface area contributed by atoms with Crippen molar-refractivity contribution in [2.45, 2.75) is 151 Å². The van der Waals surface area contributed by atoms with E-state index in [1.807, 2.05) is 13.8 Å². The zero-order valence-electron chi connectivity index (χ0n) is 33.4. The Morgan fingerprint density at radius 1 is 0.733 bits per heavy atom. The number of hydrogen-bond donors (Lipinski definition) is 1. The molecule has 1 saturated carbocycles. The Bertz CT molecular complexity index is 1170. The fourth-order valence-electron chi connectivity index (χ4n) is 7.24. The molecule has 2 aliphatic rings. The van der Waals surface area contributed by atoms with Crippen molar-refractivity contribution in [2.24, 2.45) is 23.7 Å². The average Bonchev–Trinajstić information content (AvgIpc) is 3.03. The maximum Gasteiger partial charge on any atom is 3.00 e. The summed E-state index contributed by atoms with van der Waals surface area (Å²) in [6.45, 7) is 51.3. The summed E-state index contributed by atoms with van der Waals surface area (Å²) in [7, 11) is 0.393. The van der Waals surface area contributed by atoms with Gasteiger partial charge in [0, 0.05) is 0 Å². The summed E-state index contributed by atoms with van der Waals surface area (Å²) in [6, 6.07) is 4.67. The van der Waals surface area contributed by atoms with Crippen molar-refractivity contribution in [1.82, 2.24) is 0 Å². The molecular weight excluding hydrogens is 629 g/mol. The van der Waals surface area contributed by atoms with Gasteiger partial charge in [0.1, 0.15) is 5.75 Å². The van der Waals surface area contributed by atoms with E-state index in [2.05, 4.69) is 152 Å². The van der Waals surface area contributed by atoms with Gasteiger partial charge in [-0.25, -0.2) is 0 Å². The molecule has 5 unspecified atom stereocenters. The zero-order valence-corrected chi connectivity index (χ0v) is 38.0. The average molecular weight is 701 g/mol. The number of benzene rings is 1. The van der Waals surface area contributed by atoms with E-state index < -0.39 is 16.1 Å². The predicted octanol–water partition coefficient (Wildman–Crippen LogP) is 11.8. The molecule has 1 N–H and O–H groups in total. The van der Waals surface area contributed by atoms with Crippen LogP contribution in [0.4, 0.5) is 0 Å². The first-order valence-corrected chi connectivity index (χ1v) is 23.8. The number of allylic oxidation sites excluding steroid dienone is 4. The van der Waals surface area contributed by atoms with Crippen LogP contribution in [0.5, 0.6) is 5.75 Å². The first-order chi connectivity index (χ1) is 18.8. The third-order valence-electron chi connectivity index (χ3n) is 9.79. The van der Waals surface area contributed by atoms with Crippen LogP contribution in [0.1, 0.15) is 108 Å². The number of phenolic OH excluding ortho intramolecular Hbond substituents is 1. The smallest absolute Gasteiger partial charge is 0.508 e. The first kappa shape index (κ1) is 47.0. The molecule has 5 atom stereocenters. The topological polar surface area (TPSA) is 20.2 Å². The molecule has 1 aromatic rings. The van der Waals surface area contributed by atoms with Crippen molar-refractivity contribution in [3.8, 4) is 5.75 Å². The van der Waals surface area contributed by atoms with E-state index in [0.717, 1.165) is 5.56 Å². The van der Waals surface area contributed by atoms with E-state index in [-0.39, 0.29) is 45.0 Å². The molecule has 5 heteroatoms. The van der Waals surface area contributed by atoms with Gasteiger partial charge in [0.25, 0.3) is 0 Å². The molecule has 0 amide bonds. The molecule has 0 spiro atoms. The fraction of sp³-hybridized carbons (Fsp3) is 0.675. The minimum Gasteiger partial charge on any atom is -0.508 e. The van der Waals surface area contributed by atoms with Gasteiger partial charge in [-0.3, -0.25) is 0 Å². The SMILES string of the molecule is CC1=C(C)C2C(C)C(C)C([Si](C)(C)c3cc(C(C)(C)C)cc(C(C)(C)C)c3O)C2C(C)=C1C.[CH2-]C(C)(C)[Si].[CH2-][Si](C)(C)C.[CH3-].[Ti+3]. The number of fused-ring (bicyclic) bond motifs is 1. The van der Waals surface area contributed by atoms with Gasteiger partial charge in [-0.05, 0) is 105 Å². The van der Waals surface area contributed by atoms with E-state index in [9.17, 15) is 5.11 Å². The number of hydrogen-bond acceptors (Lipinski definition) is 1. The maximum absolute atomic E-state index is 11.8. The molecule has 254 valence electrons. The van der Waals surface area contributed by atoms with Gasteiger partial charge in [0.2, 0.25) is 0 Å². The summed E-state index contributed by atoms with van der Waals surface area (Å²) in [5.74, 6) is 3.11. The van der Waals surface area contributed by atoms with Crippen molar-refractivity contribution in [3.63, 3.8) is 0 Å². The van der Waals surface area contributed by atoms with Crippen LogP contribution in [0.3, 0.4) is 0 Å². The standard InChI is InChI=1S/C31H50OSi.C4H11Si.C4H8Si.CH3.Ti/c1-17-18(2)20(4)27-26(19(17)3)21(5)22(6)29(27)33(13,14)25-16-23(30(7,8)9)15-24(28(25)32)31(10,11)12;1-5(2,3)4;1-4(2,3)5;;/h15-16,21-22,26-27,29,32H,1-14H3;1H2,2-4H3;1H2,2-3H3;1H3;/q;3*-1;+3. The zero-order chi connectivity index (χ0) is 34.4. The Morgan fingerprint density at radius 3 is 1.42 bits per heavy atom.